The summed E-state index contributed by atoms with van der Waals surface area (Å²) in [7, 11) is 3.19. The van der Waals surface area contributed by atoms with Crippen LogP contribution in [-0.2, 0) is 0 Å². The van der Waals surface area contributed by atoms with Gasteiger partial charge in [0.2, 0.25) is 0 Å². The smallest absolute Gasteiger partial charge is 0.142 e. The van der Waals surface area contributed by atoms with Crippen molar-refractivity contribution in [3.8, 4) is 11.5 Å². The second kappa shape index (κ2) is 6.65. The summed E-state index contributed by atoms with van der Waals surface area (Å²) in [5.41, 5.74) is 4.34. The number of aromatic nitrogens is 2. The highest BCUT2D eigenvalue weighted by Crippen LogP contribution is 2.40. The summed E-state index contributed by atoms with van der Waals surface area (Å²) < 4.78 is 11.4. The molecule has 3 N–H and O–H groups in total. The van der Waals surface area contributed by atoms with E-state index >= 15 is 0 Å². The molecule has 0 amide bonds. The van der Waals surface area contributed by atoms with Crippen molar-refractivity contribution in [2.75, 3.05) is 14.2 Å². The first-order valence-corrected chi connectivity index (χ1v) is 6.64. The second-order valence-electron chi connectivity index (χ2n) is 3.94. The zero-order valence-corrected chi connectivity index (χ0v) is 12.7. The summed E-state index contributed by atoms with van der Waals surface area (Å²) >= 11 is 3.47. The summed E-state index contributed by atoms with van der Waals surface area (Å²) in [6, 6.07) is 5.21. The van der Waals surface area contributed by atoms with Crippen molar-refractivity contribution < 1.29 is 9.47 Å². The zero-order chi connectivity index (χ0) is 14.5. The van der Waals surface area contributed by atoms with E-state index in [1.807, 2.05) is 12.1 Å². The van der Waals surface area contributed by atoms with Crippen LogP contribution in [0, 0.1) is 0 Å². The molecule has 20 heavy (non-hydrogen) atoms. The van der Waals surface area contributed by atoms with Gasteiger partial charge in [0, 0.05) is 11.8 Å². The predicted molar refractivity (Wildman–Crippen MR) is 78.4 cm³/mol. The minimum Gasteiger partial charge on any atom is -0.495 e. The van der Waals surface area contributed by atoms with E-state index in [-0.39, 0.29) is 6.04 Å². The molecule has 1 aromatic heterocycles. The van der Waals surface area contributed by atoms with Crippen LogP contribution < -0.4 is 20.7 Å². The van der Waals surface area contributed by atoms with Gasteiger partial charge in [0.25, 0.3) is 0 Å². The van der Waals surface area contributed by atoms with Crippen LogP contribution in [0.4, 0.5) is 0 Å². The fourth-order valence-corrected chi connectivity index (χ4v) is 2.64. The molecule has 0 saturated heterocycles. The van der Waals surface area contributed by atoms with E-state index in [4.69, 9.17) is 15.3 Å². The number of halogens is 1. The standard InChI is InChI=1S/C13H15BrN4O2/c1-19-10-4-3-8(13(20-2)11(10)14)12(18-15)9-5-6-16-7-17-9/h3-7,12,18H,15H2,1-2H3. The number of ether oxygens (including phenoxy) is 2. The lowest BCUT2D eigenvalue weighted by atomic mass is 10.0. The highest BCUT2D eigenvalue weighted by atomic mass is 79.9. The Hall–Kier alpha value is -1.70. The molecule has 7 heteroatoms. The number of nitrogens with two attached hydrogens (primary N) is 1. The van der Waals surface area contributed by atoms with Gasteiger partial charge in [-0.1, -0.05) is 0 Å². The monoisotopic (exact) mass is 338 g/mol. The average Bonchev–Trinajstić information content (AvgIpc) is 2.49. The maximum Gasteiger partial charge on any atom is 0.142 e. The van der Waals surface area contributed by atoms with Crippen LogP contribution in [0.1, 0.15) is 17.3 Å². The van der Waals surface area contributed by atoms with Crippen LogP contribution in [0.25, 0.3) is 0 Å². The van der Waals surface area contributed by atoms with E-state index in [2.05, 4.69) is 31.3 Å². The Morgan fingerprint density at radius 2 is 2.05 bits per heavy atom. The van der Waals surface area contributed by atoms with Gasteiger partial charge in [-0.2, -0.15) is 0 Å². The Kier molecular flexibility index (Phi) is 4.89. The SMILES string of the molecule is COc1ccc(C(NN)c2ccncn2)c(OC)c1Br. The molecule has 0 aliphatic heterocycles. The van der Waals surface area contributed by atoms with Crippen LogP contribution in [0.5, 0.6) is 11.5 Å². The molecule has 0 fully saturated rings. The first-order chi connectivity index (χ1) is 9.72. The highest BCUT2D eigenvalue weighted by Gasteiger charge is 2.21. The van der Waals surface area contributed by atoms with Crippen LogP contribution in [0.3, 0.4) is 0 Å². The Labute approximate surface area is 125 Å². The number of methoxy groups -OCH3 is 2. The predicted octanol–water partition coefficient (Wildman–Crippen LogP) is 1.81. The maximum atomic E-state index is 5.67. The molecule has 0 spiro atoms. The normalized spacial score (nSPS) is 12.0. The van der Waals surface area contributed by atoms with Gasteiger partial charge in [0.15, 0.2) is 0 Å². The maximum absolute atomic E-state index is 5.67. The molecule has 2 rings (SSSR count). The van der Waals surface area contributed by atoms with E-state index in [1.165, 1.54) is 6.33 Å². The summed E-state index contributed by atoms with van der Waals surface area (Å²) in [5, 5.41) is 0. The van der Waals surface area contributed by atoms with Crippen molar-refractivity contribution in [1.82, 2.24) is 15.4 Å². The third-order valence-corrected chi connectivity index (χ3v) is 3.65. The lowest BCUT2D eigenvalue weighted by molar-refractivity contribution is 0.382. The molecule has 1 unspecified atom stereocenters. The van der Waals surface area contributed by atoms with Crippen LogP contribution >= 0.6 is 15.9 Å². The summed E-state index contributed by atoms with van der Waals surface area (Å²) in [6.07, 6.45) is 3.14. The Morgan fingerprint density at radius 3 is 2.60 bits per heavy atom. The van der Waals surface area contributed by atoms with Gasteiger partial charge in [-0.3, -0.25) is 5.84 Å². The summed E-state index contributed by atoms with van der Waals surface area (Å²) in [5.74, 6) is 7.00. The fourth-order valence-electron chi connectivity index (χ4n) is 1.95. The number of nitrogens with one attached hydrogen (secondary N) is 1. The molecule has 1 aromatic carbocycles. The number of nitrogens with zero attached hydrogens (tertiary/aromatic N) is 2. The lowest BCUT2D eigenvalue weighted by Crippen LogP contribution is -2.30. The van der Waals surface area contributed by atoms with Gasteiger partial charge in [-0.25, -0.2) is 15.4 Å². The molecule has 1 atom stereocenters. The van der Waals surface area contributed by atoms with Crippen molar-refractivity contribution in [1.29, 1.82) is 0 Å². The molecule has 6 nitrogen and oxygen atoms in total. The third-order valence-electron chi connectivity index (χ3n) is 2.89. The topological polar surface area (TPSA) is 82.3 Å². The average molecular weight is 339 g/mol. The van der Waals surface area contributed by atoms with Crippen molar-refractivity contribution in [3.05, 3.63) is 46.5 Å². The minimum absolute atomic E-state index is 0.310. The molecule has 0 saturated carbocycles. The highest BCUT2D eigenvalue weighted by molar-refractivity contribution is 9.10. The first-order valence-electron chi connectivity index (χ1n) is 5.85. The van der Waals surface area contributed by atoms with Crippen LogP contribution in [-0.4, -0.2) is 24.2 Å². The second-order valence-corrected chi connectivity index (χ2v) is 4.73. The van der Waals surface area contributed by atoms with E-state index in [1.54, 1.807) is 26.5 Å². The zero-order valence-electron chi connectivity index (χ0n) is 11.1. The van der Waals surface area contributed by atoms with Gasteiger partial charge >= 0.3 is 0 Å². The third kappa shape index (κ3) is 2.74. The quantitative estimate of drug-likeness (QED) is 0.639. The van der Waals surface area contributed by atoms with Gasteiger partial charge in [-0.05, 0) is 34.1 Å². The molecular formula is C13H15BrN4O2. The van der Waals surface area contributed by atoms with Gasteiger partial charge in [-0.15, -0.1) is 0 Å². The molecule has 106 valence electrons. The molecule has 0 bridgehead atoms. The van der Waals surface area contributed by atoms with Gasteiger partial charge in [0.1, 0.15) is 22.3 Å². The molecule has 0 aliphatic rings. The van der Waals surface area contributed by atoms with E-state index in [0.29, 0.717) is 11.5 Å². The molecule has 0 aliphatic carbocycles. The summed E-state index contributed by atoms with van der Waals surface area (Å²) in [6.45, 7) is 0. The van der Waals surface area contributed by atoms with Crippen molar-refractivity contribution >= 4 is 15.9 Å². The van der Waals surface area contributed by atoms with Crippen molar-refractivity contribution in [2.45, 2.75) is 6.04 Å². The van der Waals surface area contributed by atoms with Crippen molar-refractivity contribution in [2.24, 2.45) is 5.84 Å². The molecule has 2 aromatic rings. The largest absolute Gasteiger partial charge is 0.495 e. The van der Waals surface area contributed by atoms with E-state index in [0.717, 1.165) is 15.7 Å². The number of benzene rings is 1. The Balaban J connectivity index is 2.53. The van der Waals surface area contributed by atoms with Gasteiger partial charge in [0.05, 0.1) is 26.0 Å². The number of hydrazine groups is 1. The number of hydrogen-bond acceptors (Lipinski definition) is 6. The van der Waals surface area contributed by atoms with Crippen LogP contribution in [0.15, 0.2) is 35.2 Å². The number of hydrogen-bond donors (Lipinski definition) is 2. The first kappa shape index (κ1) is 14.7. The fraction of sp³-hybridized carbons (Fsp3) is 0.231. The Bertz CT molecular complexity index is 580. The van der Waals surface area contributed by atoms with E-state index in [9.17, 15) is 0 Å². The molecular weight excluding hydrogens is 324 g/mol. The number of rotatable bonds is 5. The lowest BCUT2D eigenvalue weighted by Gasteiger charge is -2.20. The van der Waals surface area contributed by atoms with Crippen LogP contribution in [0.2, 0.25) is 0 Å². The Morgan fingerprint density at radius 1 is 1.25 bits per heavy atom. The summed E-state index contributed by atoms with van der Waals surface area (Å²) in [4.78, 5) is 8.12. The van der Waals surface area contributed by atoms with E-state index < -0.39 is 0 Å². The minimum atomic E-state index is -0.310. The molecule has 0 radical (unpaired) electrons. The van der Waals surface area contributed by atoms with Crippen molar-refractivity contribution in [3.63, 3.8) is 0 Å². The van der Waals surface area contributed by atoms with Gasteiger partial charge < -0.3 is 9.47 Å². The molecule has 1 heterocycles.